The minimum Gasteiger partial charge on any atom is -0.857 e. The summed E-state index contributed by atoms with van der Waals surface area (Å²) in [6.07, 6.45) is 19.7. The van der Waals surface area contributed by atoms with Crippen LogP contribution in [0.5, 0.6) is 0 Å². The normalized spacial score (nSPS) is 27.5. The monoisotopic (exact) mass is 1720 g/mol. The Morgan fingerprint density at radius 2 is 1.11 bits per heavy atom. The summed E-state index contributed by atoms with van der Waals surface area (Å²) in [6, 6.07) is 20.9. The summed E-state index contributed by atoms with van der Waals surface area (Å²) in [5.41, 5.74) is 14.2. The topological polar surface area (TPSA) is 301 Å². The zero-order chi connectivity index (χ0) is 92.6. The first kappa shape index (κ1) is 110. The second-order valence-corrected chi connectivity index (χ2v) is 35.9. The van der Waals surface area contributed by atoms with Gasteiger partial charge in [0.25, 0.3) is 0 Å². The van der Waals surface area contributed by atoms with E-state index in [1.807, 2.05) is 132 Å². The number of benzene rings is 2. The maximum atomic E-state index is 12.1. The molecule has 2 aromatic rings. The standard InChI is InChI=1S/C14H19NO.C13H17NO2.C13H15NO2.C12H18O2.C11H18O3.C11H16O2.C8H11N.C6H10O2.C5H8O2.C5H8O.CH3O.CH4.Na.H2/c1-11-10-16-9-8-14(11)15-12(2)13-6-4-3-5-7-13;2*1-12(2)10-5-6-16-8-13(10,3)7-9(14-4)11(12)15;1-11(2)9-5-7-14-8-12(9,3)6-4-10(11)13;1-3-9(12)4-6-11(2)8-14-7-5-10(11)13;1-8-9-4-6-13-7-11(9,2)5-3-10(8)12;1-7(9)8-5-3-2-4-6-8;1-5-4-8-3-2-6(5)7;6-5-1-3-7-4-2-5;1-3-5(6)4-2;1-2;;;/h3-7,11-12H,8-10H2,1-2H3;5,15H,6-8H2,1-3H3;5,7H,6,8H2,1-3H3;5H,4,6-8H2,1-3H3;3-8H2,1-2H3;3-7H2,1-2H3;2-7H,9H2,1H3;5H,2-4H2,1H3;1-4H2;3H,1,4H2,2H3;1H3;1H4;;1H/q;;;;;;;;;;-1;;+1;/t11?,12-;2*13-;12-;2*11-;7-;;;;;;;/m1111111......./s1/i;;;;;;;;;;;;;1+1D. The maximum absolute atomic E-state index is 12.1. The quantitative estimate of drug-likeness (QED) is 0.102. The number of hydrogen-bond donors (Lipinski definition) is 2. The first-order valence-corrected chi connectivity index (χ1v) is 43.1. The number of nitrogens with zero attached hydrogens (tertiary/aromatic N) is 3. The predicted molar refractivity (Wildman–Crippen MR) is 482 cm³/mol. The van der Waals surface area contributed by atoms with Gasteiger partial charge in [0.05, 0.1) is 125 Å². The molecule has 2 aromatic carbocycles. The molecule has 5 saturated heterocycles. The van der Waals surface area contributed by atoms with Gasteiger partial charge in [-0.1, -0.05) is 206 Å². The number of ether oxygens (including phenoxy) is 8. The SMILES string of the molecule is C.C=CC(=O)CC.CC1(C)C(=O)CC[C@]2(C)COCC=C12.CC1=C2CCOC[C@@]2(C)CCC1=O.CC1COCCC1=N[C@H](C)c1ccccc1.CC1COCCC1=O.CCC(=O)CC[C@]1(C)COCCC1=O.C[C@@H](N)c1ccccc1.C[O-].O=C1CCOCC1.[2H][2H].[C-]#[N+]C1=C(O)C(C)(C)C2=CCOC[C@@]2(C)C1.[C-]#[N+]C1=C[C@]2(C)COCC=C2C(C)(C)C1=O.[Na+]. The van der Waals surface area contributed by atoms with E-state index in [1.165, 1.54) is 39.6 Å². The van der Waals surface area contributed by atoms with E-state index < -0.39 is 16.2 Å². The fourth-order valence-electron chi connectivity index (χ4n) is 16.9. The van der Waals surface area contributed by atoms with Gasteiger partial charge in [-0.05, 0) is 95.1 Å². The minimum absolute atomic E-state index is 0. The van der Waals surface area contributed by atoms with Crippen molar-refractivity contribution in [2.24, 2.45) is 65.9 Å². The van der Waals surface area contributed by atoms with Crippen molar-refractivity contribution >= 4 is 52.0 Å². The van der Waals surface area contributed by atoms with Crippen LogP contribution < -0.4 is 40.4 Å². The molecule has 0 amide bonds. The molecule has 0 spiro atoms. The second kappa shape index (κ2) is 53.6. The third-order valence-electron chi connectivity index (χ3n) is 24.7. The van der Waals surface area contributed by atoms with Gasteiger partial charge in [-0.3, -0.25) is 38.6 Å². The van der Waals surface area contributed by atoms with Crippen molar-refractivity contribution in [3.8, 4) is 0 Å². The van der Waals surface area contributed by atoms with Gasteiger partial charge in [0.1, 0.15) is 34.7 Å². The van der Waals surface area contributed by atoms with Gasteiger partial charge >= 0.3 is 29.6 Å². The molecule has 123 heavy (non-hydrogen) atoms. The Morgan fingerprint density at radius 1 is 0.610 bits per heavy atom. The van der Waals surface area contributed by atoms with Crippen LogP contribution >= 0.6 is 0 Å². The fourth-order valence-corrected chi connectivity index (χ4v) is 16.9. The number of hydrogen-bond acceptors (Lipinski definition) is 20. The molecule has 22 nitrogen and oxygen atoms in total. The van der Waals surface area contributed by atoms with E-state index in [1.54, 1.807) is 6.08 Å². The van der Waals surface area contributed by atoms with Crippen LogP contribution in [0.15, 0.2) is 148 Å². The Labute approximate surface area is 761 Å². The van der Waals surface area contributed by atoms with E-state index in [4.69, 9.17) is 69.8 Å². The number of ketones is 8. The van der Waals surface area contributed by atoms with Gasteiger partial charge < -0.3 is 58.6 Å². The third kappa shape index (κ3) is 33.0. The number of aliphatic imine (C=N–C) groups is 1. The summed E-state index contributed by atoms with van der Waals surface area (Å²) in [5, 5.41) is 18.4. The average molecular weight is 1720 g/mol. The Morgan fingerprint density at radius 3 is 1.60 bits per heavy atom. The largest absolute Gasteiger partial charge is 1.00 e. The molecule has 6 fully saturated rings. The molecule has 678 valence electrons. The van der Waals surface area contributed by atoms with E-state index in [0.717, 1.165) is 77.0 Å². The van der Waals surface area contributed by atoms with Gasteiger partial charge in [-0.15, -0.1) is 0 Å². The summed E-state index contributed by atoms with van der Waals surface area (Å²) >= 11 is 0. The molecule has 8 aliphatic heterocycles. The van der Waals surface area contributed by atoms with Gasteiger partial charge in [-0.25, -0.2) is 9.69 Å². The van der Waals surface area contributed by atoms with E-state index in [9.17, 15) is 43.5 Å². The van der Waals surface area contributed by atoms with E-state index in [0.29, 0.717) is 178 Å². The number of rotatable bonds is 9. The number of Topliss-reactive ketones (excluding diaryl/α,β-unsaturated/α-hetero) is 7. The summed E-state index contributed by atoms with van der Waals surface area (Å²) in [5.74, 6) is 2.75. The Balaban J connectivity index is 0.000000699. The van der Waals surface area contributed by atoms with Crippen LogP contribution in [-0.2, 0) is 76.3 Å². The van der Waals surface area contributed by atoms with Gasteiger partial charge in [0.15, 0.2) is 17.3 Å². The van der Waals surface area contributed by atoms with Crippen LogP contribution in [0.1, 0.15) is 255 Å². The van der Waals surface area contributed by atoms with Crippen molar-refractivity contribution in [1.29, 1.82) is 0 Å². The Kier molecular flexibility index (Phi) is 48.0. The van der Waals surface area contributed by atoms with Crippen molar-refractivity contribution in [3.63, 3.8) is 0 Å². The van der Waals surface area contributed by atoms with Crippen LogP contribution in [0, 0.1) is 68.3 Å². The zero-order valence-electron chi connectivity index (χ0n) is 79.4. The number of carbonyl (C=O) groups is 8. The summed E-state index contributed by atoms with van der Waals surface area (Å²) in [6.45, 7) is 64.2. The maximum Gasteiger partial charge on any atom is 1.00 e. The molecule has 0 aromatic heterocycles. The second-order valence-electron chi connectivity index (χ2n) is 35.9. The predicted octanol–water partition coefficient (Wildman–Crippen LogP) is 15.5. The molecule has 1 saturated carbocycles. The Bertz CT molecular complexity index is 4140. The third-order valence-corrected chi connectivity index (χ3v) is 24.7. The Hall–Kier alpha value is -6.97. The van der Waals surface area contributed by atoms with Crippen LogP contribution in [0.3, 0.4) is 0 Å². The van der Waals surface area contributed by atoms with Crippen molar-refractivity contribution in [2.45, 2.75) is 240 Å². The molecule has 9 atom stereocenters. The van der Waals surface area contributed by atoms with Gasteiger partial charge in [0.2, 0.25) is 11.4 Å². The van der Waals surface area contributed by atoms with E-state index in [2.05, 4.69) is 87.3 Å². The molecular formula is C100H149N4NaO18. The number of aliphatic hydroxyl groups excluding tert-OH is 1. The van der Waals surface area contributed by atoms with Crippen molar-refractivity contribution < 1.29 is 119 Å². The van der Waals surface area contributed by atoms with Crippen LogP contribution in [0.2, 0.25) is 0 Å². The zero-order valence-corrected chi connectivity index (χ0v) is 79.4. The first-order chi connectivity index (χ1) is 58.1. The molecule has 0 bridgehead atoms. The number of carbonyl (C=O) groups excluding carboxylic acids is 8. The smallest absolute Gasteiger partial charge is 0.857 e. The summed E-state index contributed by atoms with van der Waals surface area (Å²) < 4.78 is 52.5. The number of fused-ring (bicyclic) bond motifs is 4. The summed E-state index contributed by atoms with van der Waals surface area (Å²) in [7, 11) is 0.750. The molecule has 14 rings (SSSR count). The number of allylic oxidation sites excluding steroid dienone is 5. The number of nitrogens with two attached hydrogens (primary N) is 1. The molecule has 23 heteroatoms. The van der Waals surface area contributed by atoms with Crippen LogP contribution in [0.25, 0.3) is 9.69 Å². The molecule has 4 aliphatic carbocycles. The molecule has 8 heterocycles. The average Bonchev–Trinajstić information content (AvgIpc) is 0.743. The van der Waals surface area contributed by atoms with Crippen molar-refractivity contribution in [1.82, 2.24) is 0 Å². The molecule has 0 radical (unpaired) electrons. The van der Waals surface area contributed by atoms with Crippen LogP contribution in [0.4, 0.5) is 0 Å². The fraction of sp³-hybridized carbons (Fsp3) is 0.630. The van der Waals surface area contributed by atoms with E-state index >= 15 is 0 Å². The summed E-state index contributed by atoms with van der Waals surface area (Å²) in [4.78, 5) is 101. The van der Waals surface area contributed by atoms with Gasteiger partial charge in [-0.2, -0.15) is 7.11 Å². The molecule has 3 N–H and O–H groups in total. The van der Waals surface area contributed by atoms with Crippen molar-refractivity contribution in [2.75, 3.05) is 113 Å². The molecular weight excluding hydrogens is 1570 g/mol. The number of aliphatic hydroxyl groups is 1. The van der Waals surface area contributed by atoms with E-state index in [-0.39, 0.29) is 117 Å². The minimum atomic E-state index is -0.576. The van der Waals surface area contributed by atoms with Crippen molar-refractivity contribution in [3.05, 3.63) is 177 Å². The molecule has 12 aliphatic rings. The molecule has 2 unspecified atom stereocenters. The first-order valence-electron chi connectivity index (χ1n) is 44.1. The van der Waals surface area contributed by atoms with Gasteiger partial charge in [0, 0.05) is 134 Å². The van der Waals surface area contributed by atoms with Crippen LogP contribution in [-0.4, -0.2) is 170 Å².